The van der Waals surface area contributed by atoms with Gasteiger partial charge < -0.3 is 21.7 Å². The van der Waals surface area contributed by atoms with E-state index >= 15 is 0 Å². The molecule has 0 aromatic carbocycles. The molecule has 1 aromatic rings. The molecule has 0 bridgehead atoms. The normalized spacial score (nSPS) is 10.6. The molecular weight excluding hydrogens is 210 g/mol. The highest BCUT2D eigenvalue weighted by Crippen LogP contribution is 2.21. The van der Waals surface area contributed by atoms with Crippen molar-refractivity contribution in [3.8, 4) is 5.75 Å². The molecule has 0 aliphatic rings. The van der Waals surface area contributed by atoms with Crippen LogP contribution in [0.3, 0.4) is 0 Å². The fourth-order valence-corrected chi connectivity index (χ4v) is 1.08. The maximum absolute atomic E-state index is 9.70. The molecule has 86 valence electrons. The second-order valence-corrected chi connectivity index (χ2v) is 3.06. The third-order valence-corrected chi connectivity index (χ3v) is 1.89. The minimum absolute atomic E-state index is 0.0545. The van der Waals surface area contributed by atoms with E-state index in [9.17, 15) is 5.11 Å². The number of guanidine groups is 1. The molecule has 0 radical (unpaired) electrons. The molecule has 0 saturated carbocycles. The minimum atomic E-state index is -0.260. The largest absolute Gasteiger partial charge is 0.505 e. The fraction of sp³-hybridized carbons (Fsp3) is 0.222. The first-order chi connectivity index (χ1) is 7.56. The van der Waals surface area contributed by atoms with E-state index in [1.165, 1.54) is 12.4 Å². The van der Waals surface area contributed by atoms with Crippen LogP contribution in [0.1, 0.15) is 16.8 Å². The molecule has 0 aliphatic carbocycles. The topological polar surface area (TPSA) is 130 Å². The Morgan fingerprint density at radius 1 is 1.56 bits per heavy atom. The van der Waals surface area contributed by atoms with E-state index in [0.717, 1.165) is 0 Å². The van der Waals surface area contributed by atoms with E-state index in [1.807, 2.05) is 0 Å². The van der Waals surface area contributed by atoms with Crippen LogP contribution < -0.4 is 11.5 Å². The monoisotopic (exact) mass is 223 g/mol. The summed E-state index contributed by atoms with van der Waals surface area (Å²) in [6, 6.07) is 0. The number of aryl methyl sites for hydroxylation is 1. The van der Waals surface area contributed by atoms with E-state index in [2.05, 4.69) is 15.2 Å². The summed E-state index contributed by atoms with van der Waals surface area (Å²) in [5.74, 6) is -0.242. The molecule has 0 unspecified atom stereocenters. The smallest absolute Gasteiger partial charge is 0.211 e. The number of nitrogens with zero attached hydrogens (tertiary/aromatic N) is 3. The first-order valence-corrected chi connectivity index (χ1v) is 4.46. The van der Waals surface area contributed by atoms with Crippen LogP contribution in [-0.4, -0.2) is 27.4 Å². The third-order valence-electron chi connectivity index (χ3n) is 1.89. The lowest BCUT2D eigenvalue weighted by atomic mass is 10.1. The van der Waals surface area contributed by atoms with Crippen LogP contribution >= 0.6 is 0 Å². The summed E-state index contributed by atoms with van der Waals surface area (Å²) in [6.45, 7) is 1.37. The molecule has 16 heavy (non-hydrogen) atoms. The Labute approximate surface area is 92.1 Å². The van der Waals surface area contributed by atoms with Crippen LogP contribution in [0.2, 0.25) is 0 Å². The van der Waals surface area contributed by atoms with Crippen LogP contribution in [0.5, 0.6) is 5.75 Å². The van der Waals surface area contributed by atoms with Gasteiger partial charge in [-0.05, 0) is 6.92 Å². The standard InChI is InChI=1S/C9H13N5O2/c1-5-8(16)7(3-13-14-9(10)11)6(4-15)2-12-5/h2-3,15-16H,4H2,1H3,(H4,10,11,14)/b13-3-. The number of hydrogen-bond acceptors (Lipinski definition) is 5. The van der Waals surface area contributed by atoms with Crippen LogP contribution in [0.15, 0.2) is 16.4 Å². The molecule has 0 atom stereocenters. The molecule has 6 N–H and O–H groups in total. The second-order valence-electron chi connectivity index (χ2n) is 3.06. The number of aromatic nitrogens is 1. The van der Waals surface area contributed by atoms with Crippen molar-refractivity contribution in [2.24, 2.45) is 21.7 Å². The van der Waals surface area contributed by atoms with Crippen LogP contribution in [-0.2, 0) is 6.61 Å². The highest BCUT2D eigenvalue weighted by Gasteiger charge is 2.08. The summed E-state index contributed by atoms with van der Waals surface area (Å²) in [5, 5.41) is 25.7. The predicted molar refractivity (Wildman–Crippen MR) is 60.0 cm³/mol. The van der Waals surface area contributed by atoms with Crippen molar-refractivity contribution < 1.29 is 10.2 Å². The van der Waals surface area contributed by atoms with Gasteiger partial charge in [0.15, 0.2) is 0 Å². The van der Waals surface area contributed by atoms with Crippen LogP contribution in [0.25, 0.3) is 0 Å². The first-order valence-electron chi connectivity index (χ1n) is 4.46. The molecule has 0 aliphatic heterocycles. The Hall–Kier alpha value is -2.15. The van der Waals surface area contributed by atoms with Crippen molar-refractivity contribution in [1.29, 1.82) is 0 Å². The lowest BCUT2D eigenvalue weighted by Crippen LogP contribution is -2.21. The van der Waals surface area contributed by atoms with Gasteiger partial charge in [-0.3, -0.25) is 4.98 Å². The minimum Gasteiger partial charge on any atom is -0.505 e. The van der Waals surface area contributed by atoms with E-state index in [4.69, 9.17) is 16.6 Å². The lowest BCUT2D eigenvalue weighted by molar-refractivity contribution is 0.280. The second kappa shape index (κ2) is 5.08. The number of rotatable bonds is 3. The molecular formula is C9H13N5O2. The van der Waals surface area contributed by atoms with Gasteiger partial charge >= 0.3 is 0 Å². The van der Waals surface area contributed by atoms with Gasteiger partial charge in [0, 0.05) is 17.3 Å². The van der Waals surface area contributed by atoms with E-state index in [0.29, 0.717) is 16.8 Å². The van der Waals surface area contributed by atoms with E-state index in [1.54, 1.807) is 6.92 Å². The lowest BCUT2D eigenvalue weighted by Gasteiger charge is -2.06. The molecule has 7 nitrogen and oxygen atoms in total. The number of aliphatic hydroxyl groups excluding tert-OH is 1. The van der Waals surface area contributed by atoms with Crippen molar-refractivity contribution in [3.63, 3.8) is 0 Å². The van der Waals surface area contributed by atoms with Gasteiger partial charge in [-0.25, -0.2) is 0 Å². The summed E-state index contributed by atoms with van der Waals surface area (Å²) < 4.78 is 0. The zero-order chi connectivity index (χ0) is 12.1. The molecule has 1 heterocycles. The van der Waals surface area contributed by atoms with Gasteiger partial charge in [-0.2, -0.15) is 5.10 Å². The number of aromatic hydroxyl groups is 1. The SMILES string of the molecule is Cc1ncc(CO)c(/C=N\N=C(N)N)c1O. The van der Waals surface area contributed by atoms with Crippen molar-refractivity contribution in [2.45, 2.75) is 13.5 Å². The van der Waals surface area contributed by atoms with Crippen molar-refractivity contribution in [3.05, 3.63) is 23.0 Å². The summed E-state index contributed by atoms with van der Waals surface area (Å²) in [7, 11) is 0. The maximum atomic E-state index is 9.70. The molecule has 0 fully saturated rings. The first kappa shape index (κ1) is 11.9. The Kier molecular flexibility index (Phi) is 3.78. The fourth-order valence-electron chi connectivity index (χ4n) is 1.08. The number of nitrogens with two attached hydrogens (primary N) is 2. The van der Waals surface area contributed by atoms with Gasteiger partial charge in [0.1, 0.15) is 5.75 Å². The molecule has 7 heteroatoms. The summed E-state index contributed by atoms with van der Waals surface area (Å²) >= 11 is 0. The summed E-state index contributed by atoms with van der Waals surface area (Å²) in [4.78, 5) is 3.90. The molecule has 1 rings (SSSR count). The Balaban J connectivity index is 3.15. The molecule has 1 aromatic heterocycles. The van der Waals surface area contributed by atoms with Gasteiger partial charge in [-0.1, -0.05) is 0 Å². The maximum Gasteiger partial charge on any atom is 0.211 e. The molecule has 0 saturated heterocycles. The van der Waals surface area contributed by atoms with Crippen LogP contribution in [0, 0.1) is 6.92 Å². The summed E-state index contributed by atoms with van der Waals surface area (Å²) in [5.41, 5.74) is 11.4. The third kappa shape index (κ3) is 2.67. The zero-order valence-corrected chi connectivity index (χ0v) is 8.75. The number of aliphatic hydroxyl groups is 1. The molecule has 0 spiro atoms. The van der Waals surface area contributed by atoms with Crippen molar-refractivity contribution in [2.75, 3.05) is 0 Å². The highest BCUT2D eigenvalue weighted by atomic mass is 16.3. The molecule has 0 amide bonds. The van der Waals surface area contributed by atoms with Gasteiger partial charge in [0.25, 0.3) is 0 Å². The van der Waals surface area contributed by atoms with Crippen LogP contribution in [0.4, 0.5) is 0 Å². The highest BCUT2D eigenvalue weighted by molar-refractivity contribution is 5.86. The average Bonchev–Trinajstić information content (AvgIpc) is 2.24. The quantitative estimate of drug-likeness (QED) is 0.302. The Morgan fingerprint density at radius 3 is 2.81 bits per heavy atom. The van der Waals surface area contributed by atoms with Gasteiger partial charge in [0.05, 0.1) is 18.5 Å². The van der Waals surface area contributed by atoms with Gasteiger partial charge in [0.2, 0.25) is 5.96 Å². The average molecular weight is 223 g/mol. The van der Waals surface area contributed by atoms with Gasteiger partial charge in [-0.15, -0.1) is 5.10 Å². The predicted octanol–water partition coefficient (Wildman–Crippen LogP) is -0.805. The zero-order valence-electron chi connectivity index (χ0n) is 8.75. The number of pyridine rings is 1. The van der Waals surface area contributed by atoms with E-state index in [-0.39, 0.29) is 18.3 Å². The Morgan fingerprint density at radius 2 is 2.25 bits per heavy atom. The van der Waals surface area contributed by atoms with Crippen molar-refractivity contribution >= 4 is 12.2 Å². The van der Waals surface area contributed by atoms with E-state index < -0.39 is 0 Å². The number of hydrogen-bond donors (Lipinski definition) is 4. The Bertz CT molecular complexity index is 438. The van der Waals surface area contributed by atoms with Crippen molar-refractivity contribution in [1.82, 2.24) is 4.98 Å². The summed E-state index contributed by atoms with van der Waals surface area (Å²) in [6.07, 6.45) is 2.71.